The molecule has 2 aliphatic carbocycles. The number of hydrogen-bond acceptors (Lipinski definition) is 2. The van der Waals surface area contributed by atoms with Crippen LogP contribution in [0.5, 0.6) is 0 Å². The molecule has 2 bridgehead atoms. The fraction of sp³-hybridized carbons (Fsp3) is 0.500. The molecule has 2 aromatic rings. The Morgan fingerprint density at radius 3 is 2.56 bits per heavy atom. The van der Waals surface area contributed by atoms with Crippen molar-refractivity contribution in [3.05, 3.63) is 40.1 Å². The second-order valence-corrected chi connectivity index (χ2v) is 8.42. The number of nitrogens with zero attached hydrogens (tertiary/aromatic N) is 2. The van der Waals surface area contributed by atoms with Crippen molar-refractivity contribution < 1.29 is 4.79 Å². The summed E-state index contributed by atoms with van der Waals surface area (Å²) in [5.41, 5.74) is 3.90. The lowest BCUT2D eigenvalue weighted by Gasteiger charge is -2.20. The van der Waals surface area contributed by atoms with Crippen molar-refractivity contribution in [1.82, 2.24) is 9.78 Å². The Balaban J connectivity index is 1.40. The summed E-state index contributed by atoms with van der Waals surface area (Å²) >= 11 is 3.56. The Bertz CT molecular complexity index is 796. The molecule has 2 aliphatic rings. The fourth-order valence-electron chi connectivity index (χ4n) is 4.64. The first-order chi connectivity index (χ1) is 12.0. The summed E-state index contributed by atoms with van der Waals surface area (Å²) in [4.78, 5) is 12.4. The molecule has 2 saturated carbocycles. The van der Waals surface area contributed by atoms with Gasteiger partial charge in [-0.15, -0.1) is 0 Å². The highest BCUT2D eigenvalue weighted by atomic mass is 79.9. The van der Waals surface area contributed by atoms with Crippen LogP contribution in [0.2, 0.25) is 0 Å². The van der Waals surface area contributed by atoms with E-state index in [9.17, 15) is 4.79 Å². The van der Waals surface area contributed by atoms with Crippen molar-refractivity contribution in [3.63, 3.8) is 0 Å². The Morgan fingerprint density at radius 1 is 1.24 bits per heavy atom. The normalized spacial score (nSPS) is 24.7. The van der Waals surface area contributed by atoms with Gasteiger partial charge in [-0.1, -0.05) is 6.42 Å². The number of fused-ring (bicyclic) bond motifs is 2. The lowest BCUT2D eigenvalue weighted by atomic mass is 9.86. The molecule has 1 amide bonds. The topological polar surface area (TPSA) is 46.9 Å². The van der Waals surface area contributed by atoms with Gasteiger partial charge in [0.1, 0.15) is 0 Å². The molecule has 1 aromatic carbocycles. The van der Waals surface area contributed by atoms with Crippen LogP contribution in [0.1, 0.15) is 43.5 Å². The van der Waals surface area contributed by atoms with Gasteiger partial charge < -0.3 is 5.32 Å². The molecule has 1 heterocycles. The standard InChI is InChI=1S/C20H24BrN3O/c1-12-20(21)13(2)24(23-12)18-7-5-17(6-8-18)22-19(25)11-16-10-14-3-4-15(16)9-14/h5-8,14-16H,3-4,9-11H2,1-2H3,(H,22,25)/t14-,15+,16-/m0/s1. The number of anilines is 1. The highest BCUT2D eigenvalue weighted by Gasteiger charge is 2.40. The molecule has 1 N–H and O–H groups in total. The third-order valence-corrected chi connectivity index (χ3v) is 7.08. The van der Waals surface area contributed by atoms with Crippen LogP contribution in [0, 0.1) is 31.6 Å². The molecule has 0 spiro atoms. The molecule has 5 heteroatoms. The van der Waals surface area contributed by atoms with Crippen LogP contribution in [-0.4, -0.2) is 15.7 Å². The molecule has 0 radical (unpaired) electrons. The molecule has 3 atom stereocenters. The first-order valence-corrected chi connectivity index (χ1v) is 9.92. The maximum absolute atomic E-state index is 12.4. The number of amides is 1. The van der Waals surface area contributed by atoms with Crippen molar-refractivity contribution in [2.45, 2.75) is 46.0 Å². The summed E-state index contributed by atoms with van der Waals surface area (Å²) in [6.07, 6.45) is 5.99. The summed E-state index contributed by atoms with van der Waals surface area (Å²) in [7, 11) is 0. The van der Waals surface area contributed by atoms with Crippen LogP contribution >= 0.6 is 15.9 Å². The highest BCUT2D eigenvalue weighted by Crippen LogP contribution is 2.49. The average Bonchev–Trinajstić information content (AvgIpc) is 3.27. The van der Waals surface area contributed by atoms with E-state index in [2.05, 4.69) is 26.3 Å². The van der Waals surface area contributed by atoms with Crippen molar-refractivity contribution >= 4 is 27.5 Å². The van der Waals surface area contributed by atoms with Gasteiger partial charge in [-0.2, -0.15) is 5.10 Å². The summed E-state index contributed by atoms with van der Waals surface area (Å²) in [6.45, 7) is 4.02. The largest absolute Gasteiger partial charge is 0.326 e. The molecule has 0 unspecified atom stereocenters. The van der Waals surface area contributed by atoms with Gasteiger partial charge in [0.15, 0.2) is 0 Å². The van der Waals surface area contributed by atoms with E-state index in [-0.39, 0.29) is 5.91 Å². The van der Waals surface area contributed by atoms with Gasteiger partial charge in [-0.25, -0.2) is 4.68 Å². The monoisotopic (exact) mass is 401 g/mol. The molecule has 132 valence electrons. The first kappa shape index (κ1) is 16.8. The third kappa shape index (κ3) is 3.26. The second-order valence-electron chi connectivity index (χ2n) is 7.63. The fourth-order valence-corrected chi connectivity index (χ4v) is 4.88. The molecule has 1 aromatic heterocycles. The summed E-state index contributed by atoms with van der Waals surface area (Å²) in [5, 5.41) is 7.60. The first-order valence-electron chi connectivity index (χ1n) is 9.13. The zero-order valence-corrected chi connectivity index (χ0v) is 16.3. The van der Waals surface area contributed by atoms with Crippen LogP contribution in [0.3, 0.4) is 0 Å². The molecular formula is C20H24BrN3O. The van der Waals surface area contributed by atoms with Crippen molar-refractivity contribution in [1.29, 1.82) is 0 Å². The van der Waals surface area contributed by atoms with E-state index < -0.39 is 0 Å². The number of carbonyl (C=O) groups excluding carboxylic acids is 1. The van der Waals surface area contributed by atoms with E-state index in [0.29, 0.717) is 12.3 Å². The quantitative estimate of drug-likeness (QED) is 0.781. The SMILES string of the molecule is Cc1nn(-c2ccc(NC(=O)C[C@@H]3C[C@H]4CC[C@@H]3C4)cc2)c(C)c1Br. The molecule has 0 aliphatic heterocycles. The lowest BCUT2D eigenvalue weighted by molar-refractivity contribution is -0.117. The number of nitrogens with one attached hydrogen (secondary N) is 1. The minimum Gasteiger partial charge on any atom is -0.326 e. The van der Waals surface area contributed by atoms with E-state index in [1.165, 1.54) is 25.7 Å². The minimum atomic E-state index is 0.152. The summed E-state index contributed by atoms with van der Waals surface area (Å²) in [6, 6.07) is 7.91. The second kappa shape index (κ2) is 6.60. The van der Waals surface area contributed by atoms with Gasteiger partial charge in [0.05, 0.1) is 21.5 Å². The van der Waals surface area contributed by atoms with Gasteiger partial charge in [0.25, 0.3) is 0 Å². The van der Waals surface area contributed by atoms with Crippen LogP contribution in [0.15, 0.2) is 28.7 Å². The van der Waals surface area contributed by atoms with Gasteiger partial charge >= 0.3 is 0 Å². The number of carbonyl (C=O) groups is 1. The zero-order valence-electron chi connectivity index (χ0n) is 14.8. The minimum absolute atomic E-state index is 0.152. The van der Waals surface area contributed by atoms with E-state index >= 15 is 0 Å². The predicted octanol–water partition coefficient (Wildman–Crippen LogP) is 5.02. The lowest BCUT2D eigenvalue weighted by Crippen LogP contribution is -2.20. The molecule has 25 heavy (non-hydrogen) atoms. The van der Waals surface area contributed by atoms with Gasteiger partial charge in [-0.3, -0.25) is 4.79 Å². The van der Waals surface area contributed by atoms with Gasteiger partial charge in [0, 0.05) is 12.1 Å². The molecule has 2 fully saturated rings. The Hall–Kier alpha value is -1.62. The van der Waals surface area contributed by atoms with E-state index in [4.69, 9.17) is 0 Å². The molecule has 0 saturated heterocycles. The number of aromatic nitrogens is 2. The van der Waals surface area contributed by atoms with E-state index in [1.54, 1.807) is 0 Å². The van der Waals surface area contributed by atoms with Crippen LogP contribution in [0.25, 0.3) is 5.69 Å². The highest BCUT2D eigenvalue weighted by molar-refractivity contribution is 9.10. The van der Waals surface area contributed by atoms with Crippen molar-refractivity contribution in [2.75, 3.05) is 5.32 Å². The van der Waals surface area contributed by atoms with Crippen molar-refractivity contribution in [2.24, 2.45) is 17.8 Å². The maximum atomic E-state index is 12.4. The summed E-state index contributed by atoms with van der Waals surface area (Å²) in [5.74, 6) is 2.44. The van der Waals surface area contributed by atoms with E-state index in [1.807, 2.05) is 42.8 Å². The zero-order chi connectivity index (χ0) is 17.6. The molecular weight excluding hydrogens is 378 g/mol. The molecule has 4 rings (SSSR count). The number of benzene rings is 1. The predicted molar refractivity (Wildman–Crippen MR) is 103 cm³/mol. The third-order valence-electron chi connectivity index (χ3n) is 5.93. The summed E-state index contributed by atoms with van der Waals surface area (Å²) < 4.78 is 2.95. The van der Waals surface area contributed by atoms with Gasteiger partial charge in [-0.05, 0) is 91.1 Å². The Morgan fingerprint density at radius 2 is 2.00 bits per heavy atom. The smallest absolute Gasteiger partial charge is 0.224 e. The number of hydrogen-bond donors (Lipinski definition) is 1. The Kier molecular flexibility index (Phi) is 4.44. The number of aryl methyl sites for hydroxylation is 1. The number of halogens is 1. The van der Waals surface area contributed by atoms with Crippen molar-refractivity contribution in [3.8, 4) is 5.69 Å². The molecule has 4 nitrogen and oxygen atoms in total. The maximum Gasteiger partial charge on any atom is 0.224 e. The average molecular weight is 402 g/mol. The van der Waals surface area contributed by atoms with Crippen LogP contribution in [-0.2, 0) is 4.79 Å². The number of rotatable bonds is 4. The van der Waals surface area contributed by atoms with Crippen LogP contribution < -0.4 is 5.32 Å². The van der Waals surface area contributed by atoms with E-state index in [0.717, 1.165) is 39.1 Å². The Labute approximate surface area is 157 Å². The van der Waals surface area contributed by atoms with Gasteiger partial charge in [0.2, 0.25) is 5.91 Å². The van der Waals surface area contributed by atoms with Crippen LogP contribution in [0.4, 0.5) is 5.69 Å².